The maximum Gasteiger partial charge on any atom is 0.310 e. The zero-order valence-corrected chi connectivity index (χ0v) is 11.2. The van der Waals surface area contributed by atoms with E-state index in [1.807, 2.05) is 0 Å². The van der Waals surface area contributed by atoms with Crippen LogP contribution in [0.3, 0.4) is 0 Å². The number of amides is 2. The van der Waals surface area contributed by atoms with Gasteiger partial charge in [0, 0.05) is 19.5 Å². The van der Waals surface area contributed by atoms with E-state index in [1.165, 1.54) is 0 Å². The molecular formula is C13H20N2O4. The Balaban J connectivity index is 1.91. The quantitative estimate of drug-likeness (QED) is 0.735. The van der Waals surface area contributed by atoms with E-state index in [2.05, 4.69) is 5.32 Å². The highest BCUT2D eigenvalue weighted by Gasteiger charge is 2.35. The van der Waals surface area contributed by atoms with Crippen LogP contribution in [-0.4, -0.2) is 48.4 Å². The minimum atomic E-state index is -0.409. The van der Waals surface area contributed by atoms with E-state index in [-0.39, 0.29) is 23.7 Å². The van der Waals surface area contributed by atoms with Gasteiger partial charge in [0.25, 0.3) is 0 Å². The average Bonchev–Trinajstić information content (AvgIpc) is 2.85. The van der Waals surface area contributed by atoms with Gasteiger partial charge in [0.2, 0.25) is 11.8 Å². The first-order valence-electron chi connectivity index (χ1n) is 6.86. The number of esters is 1. The van der Waals surface area contributed by atoms with Gasteiger partial charge in [0.15, 0.2) is 0 Å². The highest BCUT2D eigenvalue weighted by Crippen LogP contribution is 2.20. The van der Waals surface area contributed by atoms with Gasteiger partial charge < -0.3 is 15.0 Å². The Labute approximate surface area is 112 Å². The van der Waals surface area contributed by atoms with Crippen molar-refractivity contribution in [2.45, 2.75) is 38.6 Å². The molecule has 2 heterocycles. The second-order valence-corrected chi connectivity index (χ2v) is 5.03. The van der Waals surface area contributed by atoms with Gasteiger partial charge in [-0.3, -0.25) is 14.4 Å². The number of likely N-dealkylation sites (tertiary alicyclic amines) is 1. The minimum absolute atomic E-state index is 0.0696. The molecule has 0 unspecified atom stereocenters. The van der Waals surface area contributed by atoms with E-state index in [9.17, 15) is 14.4 Å². The molecule has 0 aromatic carbocycles. The van der Waals surface area contributed by atoms with Crippen LogP contribution in [0.5, 0.6) is 0 Å². The first-order valence-corrected chi connectivity index (χ1v) is 6.86. The molecule has 2 rings (SSSR count). The summed E-state index contributed by atoms with van der Waals surface area (Å²) in [6.07, 6.45) is 2.53. The lowest BCUT2D eigenvalue weighted by atomic mass is 9.97. The number of hydrogen-bond acceptors (Lipinski definition) is 4. The standard InChI is InChI=1S/C13H20N2O4/c1-2-19-13(18)9-4-3-7-15(8-9)12(17)10-5-6-11(16)14-10/h9-10H,2-8H2,1H3,(H,14,16)/t9-,10+/m0/s1. The number of carbonyl (C=O) groups is 3. The summed E-state index contributed by atoms with van der Waals surface area (Å²) < 4.78 is 5.01. The molecule has 0 aliphatic carbocycles. The van der Waals surface area contributed by atoms with Crippen LogP contribution in [0, 0.1) is 5.92 Å². The Hall–Kier alpha value is -1.59. The fourth-order valence-electron chi connectivity index (χ4n) is 2.65. The summed E-state index contributed by atoms with van der Waals surface area (Å²) >= 11 is 0. The molecule has 0 saturated carbocycles. The van der Waals surface area contributed by atoms with Crippen molar-refractivity contribution in [1.29, 1.82) is 0 Å². The SMILES string of the molecule is CCOC(=O)[C@H]1CCCN(C(=O)[C@H]2CCC(=O)N2)C1. The molecule has 6 nitrogen and oxygen atoms in total. The Morgan fingerprint density at radius 2 is 2.21 bits per heavy atom. The molecule has 19 heavy (non-hydrogen) atoms. The first kappa shape index (κ1) is 13.8. The van der Waals surface area contributed by atoms with Crippen LogP contribution in [0.25, 0.3) is 0 Å². The fraction of sp³-hybridized carbons (Fsp3) is 0.769. The number of nitrogens with zero attached hydrogens (tertiary/aromatic N) is 1. The summed E-state index contributed by atoms with van der Waals surface area (Å²) in [5, 5.41) is 2.67. The molecule has 2 aliphatic rings. The number of carbonyl (C=O) groups excluding carboxylic acids is 3. The molecular weight excluding hydrogens is 248 g/mol. The normalized spacial score (nSPS) is 27.0. The maximum atomic E-state index is 12.2. The van der Waals surface area contributed by atoms with Gasteiger partial charge in [0.05, 0.1) is 12.5 Å². The number of piperidine rings is 1. The van der Waals surface area contributed by atoms with E-state index in [0.29, 0.717) is 32.5 Å². The van der Waals surface area contributed by atoms with Gasteiger partial charge in [-0.1, -0.05) is 0 Å². The summed E-state index contributed by atoms with van der Waals surface area (Å²) in [6, 6.07) is -0.409. The minimum Gasteiger partial charge on any atom is -0.466 e. The Bertz CT molecular complexity index is 383. The van der Waals surface area contributed by atoms with Gasteiger partial charge in [-0.15, -0.1) is 0 Å². The van der Waals surface area contributed by atoms with E-state index in [0.717, 1.165) is 12.8 Å². The van der Waals surface area contributed by atoms with Crippen molar-refractivity contribution in [3.63, 3.8) is 0 Å². The van der Waals surface area contributed by atoms with Crippen LogP contribution >= 0.6 is 0 Å². The molecule has 0 aromatic rings. The van der Waals surface area contributed by atoms with Crippen molar-refractivity contribution in [1.82, 2.24) is 10.2 Å². The first-order chi connectivity index (χ1) is 9.11. The molecule has 106 valence electrons. The van der Waals surface area contributed by atoms with Crippen LogP contribution in [0.15, 0.2) is 0 Å². The van der Waals surface area contributed by atoms with Gasteiger partial charge in [-0.05, 0) is 26.2 Å². The predicted molar refractivity (Wildman–Crippen MR) is 67.1 cm³/mol. The Morgan fingerprint density at radius 1 is 1.42 bits per heavy atom. The van der Waals surface area contributed by atoms with Crippen LogP contribution in [0.4, 0.5) is 0 Å². The molecule has 0 bridgehead atoms. The summed E-state index contributed by atoms with van der Waals surface area (Å²) in [5.74, 6) is -0.595. The zero-order chi connectivity index (χ0) is 13.8. The van der Waals surface area contributed by atoms with Gasteiger partial charge in [-0.2, -0.15) is 0 Å². The summed E-state index contributed by atoms with van der Waals surface area (Å²) in [5.41, 5.74) is 0. The van der Waals surface area contributed by atoms with Crippen LogP contribution in [0.2, 0.25) is 0 Å². The van der Waals surface area contributed by atoms with E-state index in [4.69, 9.17) is 4.74 Å². The van der Waals surface area contributed by atoms with Crippen LogP contribution in [-0.2, 0) is 19.1 Å². The third-order valence-electron chi connectivity index (χ3n) is 3.65. The lowest BCUT2D eigenvalue weighted by Crippen LogP contribution is -2.49. The third-order valence-corrected chi connectivity index (χ3v) is 3.65. The largest absolute Gasteiger partial charge is 0.466 e. The molecule has 2 atom stereocenters. The maximum absolute atomic E-state index is 12.2. The van der Waals surface area contributed by atoms with Crippen LogP contribution in [0.1, 0.15) is 32.6 Å². The van der Waals surface area contributed by atoms with E-state index in [1.54, 1.807) is 11.8 Å². The molecule has 2 fully saturated rings. The smallest absolute Gasteiger partial charge is 0.310 e. The van der Waals surface area contributed by atoms with Gasteiger partial charge in [-0.25, -0.2) is 0 Å². The monoisotopic (exact) mass is 268 g/mol. The van der Waals surface area contributed by atoms with Crippen molar-refractivity contribution in [2.24, 2.45) is 5.92 Å². The highest BCUT2D eigenvalue weighted by atomic mass is 16.5. The summed E-state index contributed by atoms with van der Waals surface area (Å²) in [7, 11) is 0. The highest BCUT2D eigenvalue weighted by molar-refractivity contribution is 5.91. The van der Waals surface area contributed by atoms with Gasteiger partial charge >= 0.3 is 5.97 Å². The molecule has 2 aliphatic heterocycles. The number of hydrogen-bond donors (Lipinski definition) is 1. The van der Waals surface area contributed by atoms with E-state index < -0.39 is 6.04 Å². The Kier molecular flexibility index (Phi) is 4.39. The summed E-state index contributed by atoms with van der Waals surface area (Å²) in [4.78, 5) is 36.8. The van der Waals surface area contributed by atoms with Gasteiger partial charge in [0.1, 0.15) is 6.04 Å². The molecule has 1 N–H and O–H groups in total. The second kappa shape index (κ2) is 6.04. The molecule has 6 heteroatoms. The van der Waals surface area contributed by atoms with Crippen molar-refractivity contribution in [3.05, 3.63) is 0 Å². The van der Waals surface area contributed by atoms with Crippen molar-refractivity contribution < 1.29 is 19.1 Å². The predicted octanol–water partition coefficient (Wildman–Crippen LogP) is 0.0667. The third kappa shape index (κ3) is 3.24. The number of ether oxygens (including phenoxy) is 1. The van der Waals surface area contributed by atoms with Crippen LogP contribution < -0.4 is 5.32 Å². The second-order valence-electron chi connectivity index (χ2n) is 5.03. The zero-order valence-electron chi connectivity index (χ0n) is 11.2. The fourth-order valence-corrected chi connectivity index (χ4v) is 2.65. The van der Waals surface area contributed by atoms with Crippen molar-refractivity contribution in [2.75, 3.05) is 19.7 Å². The topological polar surface area (TPSA) is 75.7 Å². The van der Waals surface area contributed by atoms with Crippen molar-refractivity contribution >= 4 is 17.8 Å². The molecule has 0 radical (unpaired) electrons. The molecule has 2 amide bonds. The average molecular weight is 268 g/mol. The van der Waals surface area contributed by atoms with E-state index >= 15 is 0 Å². The molecule has 2 saturated heterocycles. The summed E-state index contributed by atoms with van der Waals surface area (Å²) in [6.45, 7) is 3.20. The van der Waals surface area contributed by atoms with Crippen molar-refractivity contribution in [3.8, 4) is 0 Å². The molecule has 0 spiro atoms. The number of nitrogens with one attached hydrogen (secondary N) is 1. The lowest BCUT2D eigenvalue weighted by molar-refractivity contribution is -0.151. The molecule has 0 aromatic heterocycles. The number of rotatable bonds is 3. The lowest BCUT2D eigenvalue weighted by Gasteiger charge is -2.33. The Morgan fingerprint density at radius 3 is 2.84 bits per heavy atom.